The molecule has 0 unspecified atom stereocenters. The zero-order chi connectivity index (χ0) is 25.9. The summed E-state index contributed by atoms with van der Waals surface area (Å²) in [6.45, 7) is 10.1. The topological polar surface area (TPSA) is 81.2 Å². The second kappa shape index (κ2) is 10.3. The molecule has 0 radical (unpaired) electrons. The number of carbonyl (C=O) groups excluding carboxylic acids is 1. The Balaban J connectivity index is 1.57. The predicted octanol–water partition coefficient (Wildman–Crippen LogP) is 5.85. The Kier molecular flexibility index (Phi) is 7.21. The summed E-state index contributed by atoms with van der Waals surface area (Å²) >= 11 is 0. The zero-order valence-electron chi connectivity index (χ0n) is 21.7. The van der Waals surface area contributed by atoms with E-state index in [0.717, 1.165) is 40.7 Å². The first kappa shape index (κ1) is 25.1. The first-order valence-corrected chi connectivity index (χ1v) is 12.4. The fourth-order valence-electron chi connectivity index (χ4n) is 5.09. The van der Waals surface area contributed by atoms with Crippen LogP contribution in [-0.2, 0) is 11.2 Å². The van der Waals surface area contributed by atoms with Crippen molar-refractivity contribution >= 4 is 34.1 Å². The van der Waals surface area contributed by atoms with Crippen LogP contribution in [0.1, 0.15) is 50.8 Å². The van der Waals surface area contributed by atoms with Gasteiger partial charge in [0, 0.05) is 53.1 Å². The van der Waals surface area contributed by atoms with Crippen LogP contribution in [-0.4, -0.2) is 36.6 Å². The second-order valence-electron chi connectivity index (χ2n) is 9.78. The number of amides is 1. The molecule has 36 heavy (non-hydrogen) atoms. The van der Waals surface area contributed by atoms with E-state index in [9.17, 15) is 10.1 Å². The number of hydrogen-bond acceptors (Lipinski definition) is 4. The number of nitrogens with zero attached hydrogens (tertiary/aromatic N) is 2. The van der Waals surface area contributed by atoms with E-state index < -0.39 is 5.91 Å². The number of aromatic amines is 1. The highest BCUT2D eigenvalue weighted by Gasteiger charge is 2.31. The average Bonchev–Trinajstić information content (AvgIpc) is 3.27. The molecule has 6 heteroatoms. The van der Waals surface area contributed by atoms with Gasteiger partial charge >= 0.3 is 0 Å². The number of nitrogens with one attached hydrogen (secondary N) is 2. The summed E-state index contributed by atoms with van der Waals surface area (Å²) in [5.74, 6) is 0.248. The van der Waals surface area contributed by atoms with Gasteiger partial charge in [0.25, 0.3) is 5.91 Å². The van der Waals surface area contributed by atoms with Gasteiger partial charge < -0.3 is 19.9 Å². The van der Waals surface area contributed by atoms with Crippen LogP contribution in [0.4, 0.5) is 5.69 Å². The zero-order valence-corrected chi connectivity index (χ0v) is 21.7. The van der Waals surface area contributed by atoms with Crippen LogP contribution in [0.3, 0.4) is 0 Å². The Morgan fingerprint density at radius 3 is 2.78 bits per heavy atom. The van der Waals surface area contributed by atoms with Crippen LogP contribution in [0.5, 0.6) is 5.75 Å². The lowest BCUT2D eigenvalue weighted by Crippen LogP contribution is -2.45. The number of benzene rings is 2. The van der Waals surface area contributed by atoms with Crippen molar-refractivity contribution in [2.75, 3.05) is 25.1 Å². The fraction of sp³-hybridized carbons (Fsp3) is 0.333. The minimum atomic E-state index is -0.391. The van der Waals surface area contributed by atoms with Crippen LogP contribution in [0, 0.1) is 11.3 Å². The SMILES string of the molecule is CCCN1c2cc(OC)c(/C=C(\C#N)C(=O)NCCc3c[nH]c4ccccc34)cc2C(C)=CC1(C)C. The minimum absolute atomic E-state index is 0.0513. The van der Waals surface area contributed by atoms with Crippen molar-refractivity contribution in [2.45, 2.75) is 46.1 Å². The van der Waals surface area contributed by atoms with Crippen LogP contribution >= 0.6 is 0 Å². The van der Waals surface area contributed by atoms with Crippen molar-refractivity contribution in [3.8, 4) is 11.8 Å². The number of fused-ring (bicyclic) bond motifs is 2. The molecule has 0 spiro atoms. The Morgan fingerprint density at radius 1 is 1.28 bits per heavy atom. The molecule has 0 fully saturated rings. The molecule has 0 aliphatic carbocycles. The predicted molar refractivity (Wildman–Crippen MR) is 147 cm³/mol. The number of nitriles is 1. The molecule has 1 amide bonds. The van der Waals surface area contributed by atoms with Crippen molar-refractivity contribution in [1.29, 1.82) is 5.26 Å². The van der Waals surface area contributed by atoms with Crippen molar-refractivity contribution in [1.82, 2.24) is 10.3 Å². The number of H-pyrrole nitrogens is 1. The molecule has 6 nitrogen and oxygen atoms in total. The third kappa shape index (κ3) is 4.87. The molecular formula is C30H34N4O2. The molecule has 2 heterocycles. The number of para-hydroxylation sites is 1. The second-order valence-corrected chi connectivity index (χ2v) is 9.78. The fourth-order valence-corrected chi connectivity index (χ4v) is 5.09. The van der Waals surface area contributed by atoms with Gasteiger partial charge in [0.15, 0.2) is 0 Å². The molecule has 1 aliphatic rings. The Hall–Kier alpha value is -3.98. The van der Waals surface area contributed by atoms with Crippen LogP contribution < -0.4 is 15.0 Å². The quantitative estimate of drug-likeness (QED) is 0.312. The van der Waals surface area contributed by atoms with E-state index in [4.69, 9.17) is 4.74 Å². The standard InChI is InChI=1S/C30H34N4O2/c1-6-13-34-27-16-28(36-5)22(15-25(27)20(2)17-30(34,3)4)14-23(18-31)29(35)32-12-11-21-19-33-26-10-8-7-9-24(21)26/h7-10,14-17,19,33H,6,11-13H2,1-5H3,(H,32,35)/b23-14+. The third-order valence-electron chi connectivity index (χ3n) is 6.80. The first-order valence-electron chi connectivity index (χ1n) is 12.4. The van der Waals surface area contributed by atoms with Crippen LogP contribution in [0.15, 0.2) is 54.2 Å². The molecular weight excluding hydrogens is 448 g/mol. The summed E-state index contributed by atoms with van der Waals surface area (Å²) < 4.78 is 5.70. The summed E-state index contributed by atoms with van der Waals surface area (Å²) in [7, 11) is 1.62. The number of rotatable bonds is 8. The number of aromatic nitrogens is 1. The lowest BCUT2D eigenvalue weighted by Gasteiger charge is -2.43. The average molecular weight is 483 g/mol. The number of anilines is 1. The van der Waals surface area contributed by atoms with E-state index >= 15 is 0 Å². The third-order valence-corrected chi connectivity index (χ3v) is 6.80. The van der Waals surface area contributed by atoms with Gasteiger partial charge in [0.2, 0.25) is 0 Å². The molecule has 2 aromatic carbocycles. The normalized spacial score (nSPS) is 14.7. The monoisotopic (exact) mass is 482 g/mol. The molecule has 2 N–H and O–H groups in total. The van der Waals surface area contributed by atoms with E-state index in [1.54, 1.807) is 13.2 Å². The summed E-state index contributed by atoms with van der Waals surface area (Å²) in [6.07, 6.45) is 7.56. The summed E-state index contributed by atoms with van der Waals surface area (Å²) in [5, 5.41) is 13.8. The minimum Gasteiger partial charge on any atom is -0.496 e. The maximum atomic E-state index is 12.9. The molecule has 0 saturated heterocycles. The van der Waals surface area contributed by atoms with E-state index in [1.165, 1.54) is 5.57 Å². The van der Waals surface area contributed by atoms with Crippen molar-refractivity contribution < 1.29 is 9.53 Å². The molecule has 4 rings (SSSR count). The van der Waals surface area contributed by atoms with Crippen molar-refractivity contribution in [2.24, 2.45) is 0 Å². The van der Waals surface area contributed by atoms with Crippen molar-refractivity contribution in [3.05, 3.63) is 70.9 Å². The van der Waals surface area contributed by atoms with Gasteiger partial charge in [-0.25, -0.2) is 0 Å². The lowest BCUT2D eigenvalue weighted by molar-refractivity contribution is -0.117. The molecule has 0 bridgehead atoms. The summed E-state index contributed by atoms with van der Waals surface area (Å²) in [4.78, 5) is 18.5. The van der Waals surface area contributed by atoms with Gasteiger partial charge in [0.05, 0.1) is 12.6 Å². The number of hydrogen-bond donors (Lipinski definition) is 2. The Labute approximate surface area is 213 Å². The maximum absolute atomic E-state index is 12.9. The number of carbonyl (C=O) groups is 1. The number of allylic oxidation sites excluding steroid dienone is 1. The molecule has 1 aromatic heterocycles. The highest BCUT2D eigenvalue weighted by molar-refractivity contribution is 6.02. The largest absolute Gasteiger partial charge is 0.496 e. The first-order chi connectivity index (χ1) is 17.3. The van der Waals surface area contributed by atoms with Crippen molar-refractivity contribution in [3.63, 3.8) is 0 Å². The molecule has 186 valence electrons. The maximum Gasteiger partial charge on any atom is 0.261 e. The number of ether oxygens (including phenoxy) is 1. The van der Waals surface area contributed by atoms with Gasteiger partial charge in [0.1, 0.15) is 17.4 Å². The molecule has 3 aromatic rings. The molecule has 0 saturated carbocycles. The smallest absolute Gasteiger partial charge is 0.261 e. The van der Waals surface area contributed by atoms with Crippen LogP contribution in [0.2, 0.25) is 0 Å². The number of methoxy groups -OCH3 is 1. The van der Waals surface area contributed by atoms with E-state index in [2.05, 4.69) is 61.1 Å². The highest BCUT2D eigenvalue weighted by Crippen LogP contribution is 2.42. The van der Waals surface area contributed by atoms with Gasteiger partial charge in [-0.3, -0.25) is 4.79 Å². The van der Waals surface area contributed by atoms with Crippen LogP contribution in [0.25, 0.3) is 22.6 Å². The van der Waals surface area contributed by atoms with Gasteiger partial charge in [-0.2, -0.15) is 5.26 Å². The van der Waals surface area contributed by atoms with Gasteiger partial charge in [-0.05, 0) is 63.0 Å². The Morgan fingerprint density at radius 2 is 2.06 bits per heavy atom. The van der Waals surface area contributed by atoms with E-state index in [1.807, 2.05) is 36.5 Å². The summed E-state index contributed by atoms with van der Waals surface area (Å²) in [6, 6.07) is 14.2. The molecule has 0 atom stereocenters. The summed E-state index contributed by atoms with van der Waals surface area (Å²) in [5.41, 5.74) is 6.22. The Bertz CT molecular complexity index is 1390. The van der Waals surface area contributed by atoms with Gasteiger partial charge in [-0.15, -0.1) is 0 Å². The lowest BCUT2D eigenvalue weighted by atomic mass is 9.87. The van der Waals surface area contributed by atoms with E-state index in [0.29, 0.717) is 24.3 Å². The highest BCUT2D eigenvalue weighted by atomic mass is 16.5. The van der Waals surface area contributed by atoms with E-state index in [-0.39, 0.29) is 11.1 Å². The molecule has 1 aliphatic heterocycles. The van der Waals surface area contributed by atoms with Gasteiger partial charge in [-0.1, -0.05) is 31.2 Å².